The number of amides is 1. The van der Waals surface area contributed by atoms with Crippen molar-refractivity contribution in [2.45, 2.75) is 26.3 Å². The fourth-order valence-electron chi connectivity index (χ4n) is 2.02. The largest absolute Gasteiger partial charge is 0.379 e. The summed E-state index contributed by atoms with van der Waals surface area (Å²) in [7, 11) is 0. The van der Waals surface area contributed by atoms with E-state index in [0.717, 1.165) is 13.0 Å². The van der Waals surface area contributed by atoms with Gasteiger partial charge >= 0.3 is 0 Å². The van der Waals surface area contributed by atoms with Gasteiger partial charge in [-0.25, -0.2) is 0 Å². The third-order valence-corrected chi connectivity index (χ3v) is 3.03. The molecule has 1 rings (SSSR count). The normalized spacial score (nSPS) is 23.4. The fraction of sp³-hybridized carbons (Fsp3) is 0.769. The molecule has 2 unspecified atom stereocenters. The van der Waals surface area contributed by atoms with E-state index in [4.69, 9.17) is 11.2 Å². The topological polar surface area (TPSA) is 41.6 Å². The van der Waals surface area contributed by atoms with Gasteiger partial charge in [-0.3, -0.25) is 4.79 Å². The van der Waals surface area contributed by atoms with E-state index in [1.165, 1.54) is 0 Å². The van der Waals surface area contributed by atoms with Gasteiger partial charge in [0, 0.05) is 12.6 Å². The average molecular weight is 238 g/mol. The Kier molecular flexibility index (Phi) is 6.03. The number of nitrogens with one attached hydrogen (secondary N) is 1. The van der Waals surface area contributed by atoms with Gasteiger partial charge in [0.2, 0.25) is 5.91 Å². The minimum Gasteiger partial charge on any atom is -0.379 e. The fourth-order valence-corrected chi connectivity index (χ4v) is 2.02. The van der Waals surface area contributed by atoms with Crippen molar-refractivity contribution in [1.29, 1.82) is 0 Å². The van der Waals surface area contributed by atoms with Gasteiger partial charge in [-0.1, -0.05) is 12.8 Å². The highest BCUT2D eigenvalue weighted by Gasteiger charge is 2.35. The van der Waals surface area contributed by atoms with E-state index < -0.39 is 0 Å². The summed E-state index contributed by atoms with van der Waals surface area (Å²) in [6.45, 7) is 7.12. The number of nitrogens with zero attached hydrogens (tertiary/aromatic N) is 1. The molecule has 0 bridgehead atoms. The molecule has 0 aromatic heterocycles. The molecule has 17 heavy (non-hydrogen) atoms. The predicted molar refractivity (Wildman–Crippen MR) is 67.5 cm³/mol. The number of terminal acetylenes is 1. The van der Waals surface area contributed by atoms with Crippen LogP contribution in [0.3, 0.4) is 0 Å². The zero-order valence-corrected chi connectivity index (χ0v) is 10.7. The summed E-state index contributed by atoms with van der Waals surface area (Å²) < 4.78 is 5.40. The van der Waals surface area contributed by atoms with Crippen molar-refractivity contribution in [2.75, 3.05) is 32.8 Å². The van der Waals surface area contributed by atoms with Gasteiger partial charge in [0.15, 0.2) is 0 Å². The van der Waals surface area contributed by atoms with Gasteiger partial charge < -0.3 is 15.0 Å². The predicted octanol–water partition coefficient (Wildman–Crippen LogP) is 0.483. The molecular formula is C13H22N2O2. The van der Waals surface area contributed by atoms with Crippen LogP contribution in [0.5, 0.6) is 0 Å². The smallest absolute Gasteiger partial charge is 0.230 e. The van der Waals surface area contributed by atoms with Crippen LogP contribution in [0.2, 0.25) is 0 Å². The van der Waals surface area contributed by atoms with E-state index in [9.17, 15) is 4.79 Å². The van der Waals surface area contributed by atoms with E-state index in [0.29, 0.717) is 26.3 Å². The lowest BCUT2D eigenvalue weighted by Gasteiger charge is -2.25. The van der Waals surface area contributed by atoms with Gasteiger partial charge in [0.1, 0.15) is 0 Å². The first kappa shape index (κ1) is 14.0. The maximum absolute atomic E-state index is 12.3. The lowest BCUT2D eigenvalue weighted by Crippen LogP contribution is -2.46. The van der Waals surface area contributed by atoms with Crippen LogP contribution in [-0.2, 0) is 9.53 Å². The van der Waals surface area contributed by atoms with Crippen LogP contribution in [0.15, 0.2) is 0 Å². The Labute approximate surface area is 104 Å². The quantitative estimate of drug-likeness (QED) is 0.684. The molecule has 96 valence electrons. The monoisotopic (exact) mass is 238 g/mol. The third kappa shape index (κ3) is 3.72. The minimum atomic E-state index is -0.0881. The highest BCUT2D eigenvalue weighted by atomic mass is 16.5. The van der Waals surface area contributed by atoms with E-state index in [-0.39, 0.29) is 17.9 Å². The number of carbonyl (C=O) groups excluding carboxylic acids is 1. The summed E-state index contributed by atoms with van der Waals surface area (Å²) >= 11 is 0. The zero-order valence-electron chi connectivity index (χ0n) is 10.7. The molecule has 1 amide bonds. The molecule has 0 spiro atoms. The lowest BCUT2D eigenvalue weighted by atomic mass is 10.0. The molecule has 0 radical (unpaired) electrons. The second kappa shape index (κ2) is 7.31. The van der Waals surface area contributed by atoms with E-state index in [1.54, 1.807) is 4.90 Å². The number of hydrogen-bond acceptors (Lipinski definition) is 3. The van der Waals surface area contributed by atoms with Crippen molar-refractivity contribution in [3.8, 4) is 12.3 Å². The van der Waals surface area contributed by atoms with Crippen molar-refractivity contribution in [3.05, 3.63) is 0 Å². The molecule has 4 heteroatoms. The second-order valence-electron chi connectivity index (χ2n) is 4.26. The zero-order chi connectivity index (χ0) is 12.7. The van der Waals surface area contributed by atoms with Crippen molar-refractivity contribution >= 4 is 5.91 Å². The summed E-state index contributed by atoms with van der Waals surface area (Å²) in [6.07, 6.45) is 6.32. The van der Waals surface area contributed by atoms with E-state index >= 15 is 0 Å². The molecule has 4 nitrogen and oxygen atoms in total. The number of carbonyl (C=O) groups is 1. The molecule has 0 aromatic carbocycles. The molecule has 0 aliphatic carbocycles. The number of ether oxygens (including phenoxy) is 1. The summed E-state index contributed by atoms with van der Waals surface area (Å²) in [6, 6.07) is 0.134. The second-order valence-corrected chi connectivity index (χ2v) is 4.26. The summed E-state index contributed by atoms with van der Waals surface area (Å²) in [5.74, 6) is 2.54. The van der Waals surface area contributed by atoms with Gasteiger partial charge in [-0.2, -0.15) is 0 Å². The Hall–Kier alpha value is -1.05. The lowest BCUT2D eigenvalue weighted by molar-refractivity contribution is -0.135. The number of rotatable bonds is 6. The van der Waals surface area contributed by atoms with E-state index in [1.807, 2.05) is 6.92 Å². The molecule has 0 saturated carbocycles. The first-order chi connectivity index (χ1) is 8.24. The summed E-state index contributed by atoms with van der Waals surface area (Å²) in [4.78, 5) is 14.0. The van der Waals surface area contributed by atoms with Gasteiger partial charge in [-0.05, 0) is 19.9 Å². The van der Waals surface area contributed by atoms with Gasteiger partial charge in [0.25, 0.3) is 0 Å². The Morgan fingerprint density at radius 1 is 1.53 bits per heavy atom. The van der Waals surface area contributed by atoms with Crippen LogP contribution in [0.25, 0.3) is 0 Å². The molecule has 2 atom stereocenters. The van der Waals surface area contributed by atoms with E-state index in [2.05, 4.69) is 18.2 Å². The molecule has 1 N–H and O–H groups in total. The molecular weight excluding hydrogens is 216 g/mol. The highest BCUT2D eigenvalue weighted by molar-refractivity contribution is 5.80. The van der Waals surface area contributed by atoms with Crippen molar-refractivity contribution in [1.82, 2.24) is 10.2 Å². The average Bonchev–Trinajstić information content (AvgIpc) is 2.80. The van der Waals surface area contributed by atoms with Crippen molar-refractivity contribution in [2.24, 2.45) is 5.92 Å². The maximum Gasteiger partial charge on any atom is 0.230 e. The van der Waals surface area contributed by atoms with Gasteiger partial charge in [-0.15, -0.1) is 6.42 Å². The Morgan fingerprint density at radius 3 is 2.88 bits per heavy atom. The van der Waals surface area contributed by atoms with Gasteiger partial charge in [0.05, 0.1) is 25.7 Å². The number of hydrogen-bond donors (Lipinski definition) is 1. The van der Waals surface area contributed by atoms with Crippen molar-refractivity contribution < 1.29 is 9.53 Å². The van der Waals surface area contributed by atoms with Crippen LogP contribution < -0.4 is 5.32 Å². The van der Waals surface area contributed by atoms with Crippen molar-refractivity contribution in [3.63, 3.8) is 0 Å². The third-order valence-electron chi connectivity index (χ3n) is 3.03. The molecule has 1 aliphatic rings. The molecule has 0 aromatic rings. The first-order valence-corrected chi connectivity index (χ1v) is 6.27. The molecule has 1 saturated heterocycles. The molecule has 1 aliphatic heterocycles. The van der Waals surface area contributed by atoms with Crippen LogP contribution >= 0.6 is 0 Å². The van der Waals surface area contributed by atoms with Crippen LogP contribution in [0.4, 0.5) is 0 Å². The Balaban J connectivity index is 2.57. The molecule has 1 heterocycles. The first-order valence-electron chi connectivity index (χ1n) is 6.27. The standard InChI is InChI=1S/C13H22N2O2/c1-4-7-14-12-10-17-9-11(12)13(16)15(6-3)8-5-2/h2,11-12,14H,4,6-10H2,1,3H3. The van der Waals surface area contributed by atoms with Crippen LogP contribution in [0, 0.1) is 18.3 Å². The summed E-state index contributed by atoms with van der Waals surface area (Å²) in [5.41, 5.74) is 0. The molecule has 1 fully saturated rings. The highest BCUT2D eigenvalue weighted by Crippen LogP contribution is 2.16. The Bertz CT molecular complexity index is 286. The summed E-state index contributed by atoms with van der Waals surface area (Å²) in [5, 5.41) is 3.36. The maximum atomic E-state index is 12.3. The minimum absolute atomic E-state index is 0.0881. The SMILES string of the molecule is C#CCN(CC)C(=O)C1COCC1NCCC. The van der Waals surface area contributed by atoms with Crippen LogP contribution in [-0.4, -0.2) is 49.7 Å². The van der Waals surface area contributed by atoms with Crippen LogP contribution in [0.1, 0.15) is 20.3 Å². The Morgan fingerprint density at radius 2 is 2.29 bits per heavy atom.